The van der Waals surface area contributed by atoms with Gasteiger partial charge in [-0.1, -0.05) is 0 Å². The van der Waals surface area contributed by atoms with Crippen molar-refractivity contribution in [2.75, 3.05) is 5.75 Å². The standard InChI is InChI=1S/C7H10F6S2/c1-5(3-2-4-14,6(8,9)10)15-7(11,12)13/h14H,2-4H2,1H3. The number of rotatable bonds is 4. The molecule has 15 heavy (non-hydrogen) atoms. The number of alkyl halides is 6. The Labute approximate surface area is 93.2 Å². The zero-order chi connectivity index (χ0) is 12.3. The summed E-state index contributed by atoms with van der Waals surface area (Å²) in [6.07, 6.45) is -5.48. The van der Waals surface area contributed by atoms with Crippen molar-refractivity contribution in [3.63, 3.8) is 0 Å². The van der Waals surface area contributed by atoms with Gasteiger partial charge in [0.25, 0.3) is 0 Å². The van der Waals surface area contributed by atoms with Crippen LogP contribution in [0.4, 0.5) is 26.3 Å². The van der Waals surface area contributed by atoms with Crippen molar-refractivity contribution in [1.82, 2.24) is 0 Å². The lowest BCUT2D eigenvalue weighted by atomic mass is 10.1. The van der Waals surface area contributed by atoms with E-state index in [1.807, 2.05) is 0 Å². The van der Waals surface area contributed by atoms with Gasteiger partial charge in [0, 0.05) is 0 Å². The van der Waals surface area contributed by atoms with Gasteiger partial charge in [0.05, 0.1) is 0 Å². The van der Waals surface area contributed by atoms with E-state index >= 15 is 0 Å². The third kappa shape index (κ3) is 5.24. The molecule has 0 aliphatic carbocycles. The summed E-state index contributed by atoms with van der Waals surface area (Å²) >= 11 is 2.67. The van der Waals surface area contributed by atoms with E-state index in [0.717, 1.165) is 0 Å². The van der Waals surface area contributed by atoms with Crippen molar-refractivity contribution in [2.45, 2.75) is 36.2 Å². The van der Waals surface area contributed by atoms with Crippen LogP contribution in [0.3, 0.4) is 0 Å². The quantitative estimate of drug-likeness (QED) is 0.589. The lowest BCUT2D eigenvalue weighted by Gasteiger charge is -2.31. The van der Waals surface area contributed by atoms with Crippen molar-refractivity contribution in [3.8, 4) is 0 Å². The molecule has 0 aliphatic heterocycles. The highest BCUT2D eigenvalue weighted by atomic mass is 32.2. The number of hydrogen-bond acceptors (Lipinski definition) is 2. The predicted octanol–water partition coefficient (Wildman–Crippen LogP) is 4.27. The van der Waals surface area contributed by atoms with Gasteiger partial charge >= 0.3 is 11.7 Å². The topological polar surface area (TPSA) is 0 Å². The van der Waals surface area contributed by atoms with E-state index in [0.29, 0.717) is 6.92 Å². The second kappa shape index (κ2) is 5.07. The fourth-order valence-electron chi connectivity index (χ4n) is 0.922. The number of hydrogen-bond donors (Lipinski definition) is 1. The van der Waals surface area contributed by atoms with E-state index in [4.69, 9.17) is 0 Å². The van der Waals surface area contributed by atoms with E-state index in [-0.39, 0.29) is 12.2 Å². The maximum Gasteiger partial charge on any atom is 0.442 e. The monoisotopic (exact) mass is 272 g/mol. The molecule has 0 radical (unpaired) electrons. The molecular weight excluding hydrogens is 262 g/mol. The van der Waals surface area contributed by atoms with Gasteiger partial charge in [-0.3, -0.25) is 0 Å². The van der Waals surface area contributed by atoms with Crippen molar-refractivity contribution >= 4 is 24.4 Å². The maximum absolute atomic E-state index is 12.4. The molecule has 1 unspecified atom stereocenters. The van der Waals surface area contributed by atoms with Crippen LogP contribution < -0.4 is 0 Å². The first-order valence-electron chi connectivity index (χ1n) is 3.96. The average molecular weight is 272 g/mol. The third-order valence-corrected chi connectivity index (χ3v) is 3.19. The van der Waals surface area contributed by atoms with Crippen LogP contribution in [0, 0.1) is 0 Å². The van der Waals surface area contributed by atoms with Gasteiger partial charge < -0.3 is 0 Å². The summed E-state index contributed by atoms with van der Waals surface area (Å²) in [7, 11) is 0. The lowest BCUT2D eigenvalue weighted by molar-refractivity contribution is -0.159. The first-order chi connectivity index (χ1) is 6.52. The van der Waals surface area contributed by atoms with Gasteiger partial charge in [0.1, 0.15) is 4.75 Å². The van der Waals surface area contributed by atoms with E-state index in [1.165, 1.54) is 0 Å². The molecule has 0 heterocycles. The largest absolute Gasteiger partial charge is 0.442 e. The minimum Gasteiger partial charge on any atom is -0.179 e. The minimum absolute atomic E-state index is 0.0117. The van der Waals surface area contributed by atoms with Crippen LogP contribution in [0.1, 0.15) is 19.8 Å². The molecule has 1 atom stereocenters. The Morgan fingerprint density at radius 2 is 1.53 bits per heavy atom. The molecule has 0 aromatic rings. The molecule has 0 aromatic heterocycles. The van der Waals surface area contributed by atoms with Crippen LogP contribution in [-0.2, 0) is 0 Å². The Morgan fingerprint density at radius 1 is 1.07 bits per heavy atom. The second-order valence-corrected chi connectivity index (χ2v) is 5.12. The summed E-state index contributed by atoms with van der Waals surface area (Å²) < 4.78 is 70.3. The van der Waals surface area contributed by atoms with Crippen LogP contribution >= 0.6 is 24.4 Å². The molecule has 0 aliphatic rings. The van der Waals surface area contributed by atoms with Crippen LogP contribution in [0.25, 0.3) is 0 Å². The summed E-state index contributed by atoms with van der Waals surface area (Å²) in [4.78, 5) is 0. The van der Waals surface area contributed by atoms with Crippen molar-refractivity contribution in [2.24, 2.45) is 0 Å². The fraction of sp³-hybridized carbons (Fsp3) is 1.00. The van der Waals surface area contributed by atoms with Crippen LogP contribution in [0.5, 0.6) is 0 Å². The van der Waals surface area contributed by atoms with E-state index in [1.54, 1.807) is 0 Å². The van der Waals surface area contributed by atoms with Crippen molar-refractivity contribution in [3.05, 3.63) is 0 Å². The zero-order valence-electron chi connectivity index (χ0n) is 7.74. The molecule has 0 amide bonds. The summed E-state index contributed by atoms with van der Waals surface area (Å²) in [5.41, 5.74) is -4.89. The van der Waals surface area contributed by atoms with Gasteiger partial charge in [-0.05, 0) is 37.3 Å². The van der Waals surface area contributed by atoms with Gasteiger partial charge in [0.2, 0.25) is 0 Å². The summed E-state index contributed by atoms with van der Waals surface area (Å²) in [6.45, 7) is 0.564. The maximum atomic E-state index is 12.4. The van der Waals surface area contributed by atoms with Crippen molar-refractivity contribution < 1.29 is 26.3 Å². The predicted molar refractivity (Wildman–Crippen MR) is 51.2 cm³/mol. The highest BCUT2D eigenvalue weighted by Gasteiger charge is 2.56. The second-order valence-electron chi connectivity index (χ2n) is 3.10. The molecule has 0 rings (SSSR count). The molecule has 0 N–H and O–H groups in total. The molecule has 8 heteroatoms. The van der Waals surface area contributed by atoms with E-state index in [2.05, 4.69) is 12.6 Å². The molecule has 0 bridgehead atoms. The first kappa shape index (κ1) is 15.3. The van der Waals surface area contributed by atoms with Gasteiger partial charge in [0.15, 0.2) is 0 Å². The third-order valence-electron chi connectivity index (χ3n) is 1.75. The molecule has 0 aromatic carbocycles. The van der Waals surface area contributed by atoms with Crippen LogP contribution in [-0.4, -0.2) is 22.2 Å². The molecule has 0 nitrogen and oxygen atoms in total. The number of halogens is 6. The molecule has 0 fully saturated rings. The van der Waals surface area contributed by atoms with Gasteiger partial charge in [-0.25, -0.2) is 0 Å². The SMILES string of the molecule is CC(CCCS)(SC(F)(F)F)C(F)(F)F. The lowest BCUT2D eigenvalue weighted by Crippen LogP contribution is -2.41. The minimum atomic E-state index is -4.89. The van der Waals surface area contributed by atoms with Crippen LogP contribution in [0.2, 0.25) is 0 Å². The van der Waals surface area contributed by atoms with Gasteiger partial charge in [-0.15, -0.1) is 0 Å². The average Bonchev–Trinajstić information content (AvgIpc) is 1.95. The molecule has 0 spiro atoms. The van der Waals surface area contributed by atoms with Crippen molar-refractivity contribution in [1.29, 1.82) is 0 Å². The molecule has 0 saturated heterocycles. The Morgan fingerprint density at radius 3 is 1.80 bits per heavy atom. The normalized spacial score (nSPS) is 17.6. The smallest absolute Gasteiger partial charge is 0.179 e. The van der Waals surface area contributed by atoms with Gasteiger partial charge in [-0.2, -0.15) is 39.0 Å². The molecular formula is C7H10F6S2. The Bertz CT molecular complexity index is 199. The highest BCUT2D eigenvalue weighted by molar-refractivity contribution is 8.01. The number of thioether (sulfide) groups is 1. The Kier molecular flexibility index (Phi) is 5.17. The summed E-state index contributed by atoms with van der Waals surface area (Å²) in [5.74, 6) is 0.129. The molecule has 92 valence electrons. The number of thiol groups is 1. The zero-order valence-corrected chi connectivity index (χ0v) is 9.46. The first-order valence-corrected chi connectivity index (χ1v) is 5.41. The Hall–Kier alpha value is 0.280. The summed E-state index contributed by atoms with van der Waals surface area (Å²) in [6, 6.07) is 0. The van der Waals surface area contributed by atoms with E-state index in [9.17, 15) is 26.3 Å². The van der Waals surface area contributed by atoms with Crippen LogP contribution in [0.15, 0.2) is 0 Å². The Balaban J connectivity index is 4.71. The highest BCUT2D eigenvalue weighted by Crippen LogP contribution is 2.51. The van der Waals surface area contributed by atoms with E-state index < -0.39 is 34.6 Å². The summed E-state index contributed by atoms with van der Waals surface area (Å²) in [5, 5.41) is 0. The molecule has 0 saturated carbocycles. The fourth-order valence-corrected chi connectivity index (χ4v) is 1.95.